The van der Waals surface area contributed by atoms with Crippen LogP contribution < -0.4 is 20.3 Å². The average molecular weight is 515 g/mol. The number of halogens is 3. The number of ether oxygens (including phenoxy) is 1. The molecule has 0 radical (unpaired) electrons. The average Bonchev–Trinajstić information content (AvgIpc) is 2.80. The lowest BCUT2D eigenvalue weighted by Gasteiger charge is -2.39. The van der Waals surface area contributed by atoms with Crippen molar-refractivity contribution < 1.29 is 42.2 Å². The SMILES string of the molecule is CCC(=O)NCCN1C(=O)C(C)(C)Oc2cc(C(F)(F)F)c(C(=O)N[C@@H]3CCCN(C(=O)O)C3)cc21. The number of alkyl halides is 3. The second-order valence-electron chi connectivity index (χ2n) is 9.18. The van der Waals surface area contributed by atoms with Gasteiger partial charge in [-0.3, -0.25) is 14.4 Å². The third-order valence-corrected chi connectivity index (χ3v) is 6.07. The van der Waals surface area contributed by atoms with E-state index in [1.807, 2.05) is 0 Å². The fourth-order valence-electron chi connectivity index (χ4n) is 4.22. The first-order chi connectivity index (χ1) is 16.7. The molecule has 1 aromatic rings. The number of nitrogens with zero attached hydrogens (tertiary/aromatic N) is 2. The predicted octanol–water partition coefficient (Wildman–Crippen LogP) is 2.61. The van der Waals surface area contributed by atoms with Gasteiger partial charge in [0.2, 0.25) is 5.91 Å². The van der Waals surface area contributed by atoms with Crippen LogP contribution in [0.3, 0.4) is 0 Å². The number of hydrogen-bond donors (Lipinski definition) is 3. The molecule has 1 saturated heterocycles. The van der Waals surface area contributed by atoms with Crippen LogP contribution in [-0.2, 0) is 15.8 Å². The zero-order chi connectivity index (χ0) is 26.8. The number of rotatable bonds is 6. The minimum absolute atomic E-state index is 0.0287. The molecule has 36 heavy (non-hydrogen) atoms. The van der Waals surface area contributed by atoms with Crippen LogP contribution in [0.4, 0.5) is 23.7 Å². The summed E-state index contributed by atoms with van der Waals surface area (Å²) in [5.41, 5.74) is -3.46. The zero-order valence-electron chi connectivity index (χ0n) is 20.2. The first kappa shape index (κ1) is 27.1. The standard InChI is InChI=1S/C23H29F3N4O6/c1-4-18(31)27-7-9-30-16-10-14(19(32)28-13-6-5-8-29(12-13)21(34)35)15(23(24,25)26)11-17(16)36-22(2,3)20(30)33/h10-11,13H,4-9,12H2,1-3H3,(H,27,31)(H,28,32)(H,34,35)/t13-/m1/s1. The highest BCUT2D eigenvalue weighted by atomic mass is 19.4. The maximum Gasteiger partial charge on any atom is 0.417 e. The van der Waals surface area contributed by atoms with Gasteiger partial charge in [-0.2, -0.15) is 13.2 Å². The van der Waals surface area contributed by atoms with Crippen LogP contribution in [0.2, 0.25) is 0 Å². The summed E-state index contributed by atoms with van der Waals surface area (Å²) < 4.78 is 47.5. The largest absolute Gasteiger partial charge is 0.476 e. The van der Waals surface area contributed by atoms with Crippen molar-refractivity contribution in [2.45, 2.75) is 57.9 Å². The van der Waals surface area contributed by atoms with Gasteiger partial charge in [-0.05, 0) is 38.8 Å². The number of carbonyl (C=O) groups is 4. The molecular weight excluding hydrogens is 485 g/mol. The summed E-state index contributed by atoms with van der Waals surface area (Å²) in [6.45, 7) is 4.71. The van der Waals surface area contributed by atoms with E-state index in [1.54, 1.807) is 6.92 Å². The quantitative estimate of drug-likeness (QED) is 0.536. The van der Waals surface area contributed by atoms with Crippen molar-refractivity contribution in [2.24, 2.45) is 0 Å². The van der Waals surface area contributed by atoms with E-state index in [0.29, 0.717) is 18.9 Å². The molecule has 2 heterocycles. The lowest BCUT2D eigenvalue weighted by atomic mass is 9.98. The smallest absolute Gasteiger partial charge is 0.417 e. The molecule has 3 rings (SSSR count). The molecule has 2 aliphatic rings. The topological polar surface area (TPSA) is 128 Å². The molecule has 0 bridgehead atoms. The molecule has 4 amide bonds. The first-order valence-corrected chi connectivity index (χ1v) is 11.6. The third kappa shape index (κ3) is 5.82. The monoisotopic (exact) mass is 514 g/mol. The van der Waals surface area contributed by atoms with Crippen molar-refractivity contribution >= 4 is 29.5 Å². The molecular formula is C23H29F3N4O6. The molecule has 0 saturated carbocycles. The molecule has 3 N–H and O–H groups in total. The Labute approximate surface area is 205 Å². The maximum absolute atomic E-state index is 14.0. The van der Waals surface area contributed by atoms with Crippen LogP contribution in [0, 0.1) is 0 Å². The van der Waals surface area contributed by atoms with E-state index >= 15 is 0 Å². The Hall–Kier alpha value is -3.51. The van der Waals surface area contributed by atoms with Crippen molar-refractivity contribution in [1.29, 1.82) is 0 Å². The summed E-state index contributed by atoms with van der Waals surface area (Å²) in [6.07, 6.45) is -5.01. The van der Waals surface area contributed by atoms with E-state index < -0.39 is 46.9 Å². The van der Waals surface area contributed by atoms with E-state index in [1.165, 1.54) is 18.7 Å². The van der Waals surface area contributed by atoms with Gasteiger partial charge >= 0.3 is 12.3 Å². The Kier molecular flexibility index (Phi) is 7.70. The molecule has 13 heteroatoms. The van der Waals surface area contributed by atoms with E-state index in [-0.39, 0.29) is 49.9 Å². The molecule has 10 nitrogen and oxygen atoms in total. The minimum atomic E-state index is -4.91. The van der Waals surface area contributed by atoms with Crippen LogP contribution in [0.5, 0.6) is 5.75 Å². The first-order valence-electron chi connectivity index (χ1n) is 11.6. The van der Waals surface area contributed by atoms with Crippen LogP contribution in [-0.4, -0.2) is 71.6 Å². The summed E-state index contributed by atoms with van der Waals surface area (Å²) in [5, 5.41) is 14.3. The Balaban J connectivity index is 1.97. The number of anilines is 1. The third-order valence-electron chi connectivity index (χ3n) is 6.07. The molecule has 0 unspecified atom stereocenters. The van der Waals surface area contributed by atoms with Crippen LogP contribution in [0.15, 0.2) is 12.1 Å². The Morgan fingerprint density at radius 3 is 2.56 bits per heavy atom. The molecule has 1 fully saturated rings. The highest BCUT2D eigenvalue weighted by molar-refractivity contribution is 6.05. The molecule has 0 aromatic heterocycles. The molecule has 2 aliphatic heterocycles. The number of hydrogen-bond acceptors (Lipinski definition) is 5. The van der Waals surface area contributed by atoms with Gasteiger partial charge in [-0.1, -0.05) is 6.92 Å². The number of carbonyl (C=O) groups excluding carboxylic acids is 3. The number of benzene rings is 1. The maximum atomic E-state index is 14.0. The second kappa shape index (κ2) is 10.2. The van der Waals surface area contributed by atoms with Gasteiger partial charge in [0.05, 0.1) is 16.8 Å². The number of fused-ring (bicyclic) bond motifs is 1. The normalized spacial score (nSPS) is 19.3. The van der Waals surface area contributed by atoms with Gasteiger partial charge in [-0.25, -0.2) is 4.79 Å². The van der Waals surface area contributed by atoms with E-state index in [4.69, 9.17) is 4.74 Å². The lowest BCUT2D eigenvalue weighted by molar-refractivity contribution is -0.138. The van der Waals surface area contributed by atoms with Crippen molar-refractivity contribution in [2.75, 3.05) is 31.1 Å². The van der Waals surface area contributed by atoms with E-state index in [0.717, 1.165) is 11.0 Å². The highest BCUT2D eigenvalue weighted by Crippen LogP contribution is 2.43. The fourth-order valence-corrected chi connectivity index (χ4v) is 4.22. The van der Waals surface area contributed by atoms with Gasteiger partial charge in [0.25, 0.3) is 11.8 Å². The number of carboxylic acid groups (broad SMARTS) is 1. The second-order valence-corrected chi connectivity index (χ2v) is 9.18. The Morgan fingerprint density at radius 1 is 1.25 bits per heavy atom. The summed E-state index contributed by atoms with van der Waals surface area (Å²) in [4.78, 5) is 51.2. The molecule has 198 valence electrons. The Morgan fingerprint density at radius 2 is 1.94 bits per heavy atom. The number of nitrogens with one attached hydrogen (secondary N) is 2. The number of piperidine rings is 1. The lowest BCUT2D eigenvalue weighted by Crippen LogP contribution is -2.54. The van der Waals surface area contributed by atoms with Gasteiger partial charge in [0, 0.05) is 38.6 Å². The number of amides is 4. The molecule has 0 aliphatic carbocycles. The van der Waals surface area contributed by atoms with Gasteiger partial charge in [-0.15, -0.1) is 0 Å². The van der Waals surface area contributed by atoms with Crippen LogP contribution in [0.1, 0.15) is 56.0 Å². The molecule has 1 aromatic carbocycles. The van der Waals surface area contributed by atoms with Gasteiger partial charge in [0.1, 0.15) is 5.75 Å². The zero-order valence-corrected chi connectivity index (χ0v) is 20.2. The summed E-state index contributed by atoms with van der Waals surface area (Å²) in [6, 6.07) is 0.984. The predicted molar refractivity (Wildman–Crippen MR) is 122 cm³/mol. The van der Waals surface area contributed by atoms with Crippen molar-refractivity contribution in [3.8, 4) is 5.75 Å². The Bertz CT molecular complexity index is 1060. The van der Waals surface area contributed by atoms with Crippen LogP contribution >= 0.6 is 0 Å². The van der Waals surface area contributed by atoms with Crippen molar-refractivity contribution in [3.63, 3.8) is 0 Å². The van der Waals surface area contributed by atoms with Gasteiger partial charge in [0.15, 0.2) is 5.60 Å². The van der Waals surface area contributed by atoms with Crippen molar-refractivity contribution in [3.05, 3.63) is 23.3 Å². The summed E-state index contributed by atoms with van der Waals surface area (Å²) in [5.74, 6) is -2.07. The summed E-state index contributed by atoms with van der Waals surface area (Å²) in [7, 11) is 0. The van der Waals surface area contributed by atoms with Crippen molar-refractivity contribution in [1.82, 2.24) is 15.5 Å². The van der Waals surface area contributed by atoms with Crippen LogP contribution in [0.25, 0.3) is 0 Å². The van der Waals surface area contributed by atoms with E-state index in [2.05, 4.69) is 10.6 Å². The molecule has 1 atom stereocenters. The summed E-state index contributed by atoms with van der Waals surface area (Å²) >= 11 is 0. The van der Waals surface area contributed by atoms with Gasteiger partial charge < -0.3 is 30.3 Å². The van der Waals surface area contributed by atoms with E-state index in [9.17, 15) is 37.5 Å². The molecule has 0 spiro atoms. The fraction of sp³-hybridized carbons (Fsp3) is 0.565. The number of likely N-dealkylation sites (tertiary alicyclic amines) is 1. The minimum Gasteiger partial charge on any atom is -0.476 e. The highest BCUT2D eigenvalue weighted by Gasteiger charge is 2.44.